The number of non-ortho nitro benzene ring substituents is 1. The summed E-state index contributed by atoms with van der Waals surface area (Å²) in [6, 6.07) is 14.7. The smallest absolute Gasteiger partial charge is 0.300 e. The summed E-state index contributed by atoms with van der Waals surface area (Å²) in [5.41, 5.74) is -0.0366. The van der Waals surface area contributed by atoms with Crippen LogP contribution >= 0.6 is 0 Å². The molecule has 7 nitrogen and oxygen atoms in total. The lowest BCUT2D eigenvalue weighted by molar-refractivity contribution is -0.384. The van der Waals surface area contributed by atoms with Gasteiger partial charge < -0.3 is 5.11 Å². The fourth-order valence-electron chi connectivity index (χ4n) is 3.58. The fraction of sp³-hybridized carbons (Fsp3) is 0.0435. The lowest BCUT2D eigenvalue weighted by atomic mass is 9.95. The van der Waals surface area contributed by atoms with Gasteiger partial charge in [-0.1, -0.05) is 30.3 Å². The number of anilines is 1. The number of carbonyl (C=O) groups excluding carboxylic acids is 2. The van der Waals surface area contributed by atoms with Gasteiger partial charge in [-0.15, -0.1) is 0 Å². The van der Waals surface area contributed by atoms with Crippen molar-refractivity contribution in [2.45, 2.75) is 6.04 Å². The summed E-state index contributed by atoms with van der Waals surface area (Å²) in [7, 11) is 0. The van der Waals surface area contributed by atoms with Crippen molar-refractivity contribution >= 4 is 28.8 Å². The van der Waals surface area contributed by atoms with Gasteiger partial charge in [0.05, 0.1) is 16.5 Å². The number of halogens is 2. The van der Waals surface area contributed by atoms with Gasteiger partial charge in [0, 0.05) is 29.4 Å². The molecule has 32 heavy (non-hydrogen) atoms. The van der Waals surface area contributed by atoms with Crippen LogP contribution in [0.25, 0.3) is 5.76 Å². The minimum atomic E-state index is -1.20. The molecule has 1 amide bonds. The SMILES string of the molecule is O=C1C(=O)N(c2ccc(F)c(F)c2)C(c2ccccc2)/C1=C(\O)c1ccc([N+](=O)[O-])cc1. The van der Waals surface area contributed by atoms with Crippen molar-refractivity contribution in [2.75, 3.05) is 4.90 Å². The summed E-state index contributed by atoms with van der Waals surface area (Å²) in [5.74, 6) is -4.93. The molecule has 1 fully saturated rings. The number of benzene rings is 3. The third kappa shape index (κ3) is 3.49. The van der Waals surface area contributed by atoms with Crippen molar-refractivity contribution in [1.82, 2.24) is 0 Å². The second kappa shape index (κ2) is 8.03. The topological polar surface area (TPSA) is 101 Å². The maximum absolute atomic E-state index is 13.9. The van der Waals surface area contributed by atoms with E-state index in [0.717, 1.165) is 35.2 Å². The van der Waals surface area contributed by atoms with Crippen LogP contribution < -0.4 is 4.90 Å². The highest BCUT2D eigenvalue weighted by molar-refractivity contribution is 6.51. The molecular formula is C23H14F2N2O5. The number of Topliss-reactive ketones (excluding diaryl/α,β-unsaturated/α-hetero) is 1. The minimum Gasteiger partial charge on any atom is -0.507 e. The quantitative estimate of drug-likeness (QED) is 0.213. The van der Waals surface area contributed by atoms with Crippen LogP contribution in [0.4, 0.5) is 20.2 Å². The van der Waals surface area contributed by atoms with E-state index in [9.17, 15) is 33.6 Å². The molecular weight excluding hydrogens is 422 g/mol. The van der Waals surface area contributed by atoms with Crippen LogP contribution in [0, 0.1) is 21.7 Å². The molecule has 1 heterocycles. The van der Waals surface area contributed by atoms with E-state index in [0.29, 0.717) is 5.56 Å². The predicted octanol–water partition coefficient (Wildman–Crippen LogP) is 4.50. The first-order chi connectivity index (χ1) is 15.3. The Morgan fingerprint density at radius 2 is 1.59 bits per heavy atom. The molecule has 0 spiro atoms. The van der Waals surface area contributed by atoms with Gasteiger partial charge in [-0.2, -0.15) is 0 Å². The number of hydrogen-bond donors (Lipinski definition) is 1. The van der Waals surface area contributed by atoms with Gasteiger partial charge >= 0.3 is 0 Å². The Balaban J connectivity index is 1.91. The van der Waals surface area contributed by atoms with Gasteiger partial charge in [0.15, 0.2) is 11.6 Å². The zero-order chi connectivity index (χ0) is 23.0. The first-order valence-electron chi connectivity index (χ1n) is 9.35. The molecule has 1 aliphatic heterocycles. The summed E-state index contributed by atoms with van der Waals surface area (Å²) in [6.45, 7) is 0. The molecule has 0 saturated carbocycles. The van der Waals surface area contributed by atoms with E-state index in [1.54, 1.807) is 30.3 Å². The Morgan fingerprint density at radius 1 is 0.938 bits per heavy atom. The van der Waals surface area contributed by atoms with Crippen LogP contribution in [0.3, 0.4) is 0 Å². The maximum atomic E-state index is 13.9. The second-order valence-corrected chi connectivity index (χ2v) is 6.98. The number of aliphatic hydroxyl groups excluding tert-OH is 1. The van der Waals surface area contributed by atoms with Gasteiger partial charge in [-0.25, -0.2) is 8.78 Å². The zero-order valence-corrected chi connectivity index (χ0v) is 16.2. The number of hydrogen-bond acceptors (Lipinski definition) is 5. The van der Waals surface area contributed by atoms with Gasteiger partial charge in [0.2, 0.25) is 0 Å². The zero-order valence-electron chi connectivity index (χ0n) is 16.2. The summed E-state index contributed by atoms with van der Waals surface area (Å²) in [5, 5.41) is 21.8. The number of nitrogens with zero attached hydrogens (tertiary/aromatic N) is 2. The minimum absolute atomic E-state index is 0.0670. The molecule has 3 aromatic rings. The van der Waals surface area contributed by atoms with Gasteiger partial charge in [0.1, 0.15) is 5.76 Å². The highest BCUT2D eigenvalue weighted by Gasteiger charge is 2.47. The number of nitro groups is 1. The number of nitro benzene ring substituents is 1. The number of ketones is 1. The van der Waals surface area contributed by atoms with Crippen molar-refractivity contribution in [3.8, 4) is 0 Å². The van der Waals surface area contributed by atoms with E-state index < -0.39 is 40.0 Å². The van der Waals surface area contributed by atoms with Crippen LogP contribution in [0.2, 0.25) is 0 Å². The average molecular weight is 436 g/mol. The van der Waals surface area contributed by atoms with E-state index >= 15 is 0 Å². The largest absolute Gasteiger partial charge is 0.507 e. The average Bonchev–Trinajstić information content (AvgIpc) is 3.06. The van der Waals surface area contributed by atoms with Crippen LogP contribution in [-0.4, -0.2) is 21.7 Å². The van der Waals surface area contributed by atoms with E-state index in [2.05, 4.69) is 0 Å². The molecule has 3 aromatic carbocycles. The van der Waals surface area contributed by atoms with Crippen molar-refractivity contribution in [2.24, 2.45) is 0 Å². The molecule has 1 N–H and O–H groups in total. The second-order valence-electron chi connectivity index (χ2n) is 6.98. The van der Waals surface area contributed by atoms with Crippen LogP contribution in [0.15, 0.2) is 78.4 Å². The Morgan fingerprint density at radius 3 is 2.19 bits per heavy atom. The van der Waals surface area contributed by atoms with Gasteiger partial charge in [-0.3, -0.25) is 24.6 Å². The third-order valence-electron chi connectivity index (χ3n) is 5.09. The molecule has 1 aliphatic rings. The number of rotatable bonds is 4. The Hall–Kier alpha value is -4.40. The van der Waals surface area contributed by atoms with Crippen molar-refractivity contribution in [1.29, 1.82) is 0 Å². The van der Waals surface area contributed by atoms with Crippen molar-refractivity contribution < 1.29 is 28.4 Å². The van der Waals surface area contributed by atoms with Crippen molar-refractivity contribution in [3.05, 3.63) is 111 Å². The standard InChI is InChI=1S/C23H14F2N2O5/c24-17-11-10-16(12-18(17)25)26-20(13-4-2-1-3-5-13)19(22(29)23(26)30)21(28)14-6-8-15(9-7-14)27(31)32/h1-12,20,28H/b21-19+. The van der Waals surface area contributed by atoms with Crippen LogP contribution in [0.1, 0.15) is 17.2 Å². The molecule has 1 unspecified atom stereocenters. The monoisotopic (exact) mass is 436 g/mol. The molecule has 4 rings (SSSR count). The Labute approximate surface area is 180 Å². The first kappa shape index (κ1) is 20.9. The van der Waals surface area contributed by atoms with E-state index in [1.165, 1.54) is 12.1 Å². The highest BCUT2D eigenvalue weighted by Crippen LogP contribution is 2.42. The summed E-state index contributed by atoms with van der Waals surface area (Å²) in [6.07, 6.45) is 0. The van der Waals surface area contributed by atoms with E-state index in [-0.39, 0.29) is 22.5 Å². The maximum Gasteiger partial charge on any atom is 0.300 e. The third-order valence-corrected chi connectivity index (χ3v) is 5.09. The molecule has 0 bridgehead atoms. The van der Waals surface area contributed by atoms with Gasteiger partial charge in [-0.05, 0) is 29.8 Å². The summed E-state index contributed by atoms with van der Waals surface area (Å²) >= 11 is 0. The number of aliphatic hydroxyl groups is 1. The lowest BCUT2D eigenvalue weighted by Crippen LogP contribution is -2.29. The van der Waals surface area contributed by atoms with Crippen LogP contribution in [-0.2, 0) is 9.59 Å². The number of carbonyl (C=O) groups is 2. The molecule has 1 atom stereocenters. The highest BCUT2D eigenvalue weighted by atomic mass is 19.2. The van der Waals surface area contributed by atoms with E-state index in [1.807, 2.05) is 0 Å². The van der Waals surface area contributed by atoms with Crippen molar-refractivity contribution in [3.63, 3.8) is 0 Å². The molecule has 160 valence electrons. The Bertz CT molecular complexity index is 1270. The number of amides is 1. The molecule has 0 radical (unpaired) electrons. The molecule has 0 aliphatic carbocycles. The molecule has 9 heteroatoms. The van der Waals surface area contributed by atoms with E-state index in [4.69, 9.17) is 0 Å². The first-order valence-corrected chi connectivity index (χ1v) is 9.35. The summed E-state index contributed by atoms with van der Waals surface area (Å²) in [4.78, 5) is 37.1. The lowest BCUT2D eigenvalue weighted by Gasteiger charge is -2.25. The van der Waals surface area contributed by atoms with Crippen LogP contribution in [0.5, 0.6) is 0 Å². The predicted molar refractivity (Wildman–Crippen MR) is 111 cm³/mol. The molecule has 1 saturated heterocycles. The Kier molecular flexibility index (Phi) is 5.23. The summed E-state index contributed by atoms with van der Waals surface area (Å²) < 4.78 is 27.3. The fourth-order valence-corrected chi connectivity index (χ4v) is 3.58. The molecule has 0 aromatic heterocycles. The van der Waals surface area contributed by atoms with Gasteiger partial charge in [0.25, 0.3) is 17.4 Å². The normalized spacial score (nSPS) is 17.6.